The maximum absolute atomic E-state index is 11.9. The molecular formula is C10H16N2O3S2. The smallest absolute Gasteiger partial charge is 0.238 e. The summed E-state index contributed by atoms with van der Waals surface area (Å²) in [6, 6.07) is -0.0480. The number of aromatic nitrogens is 1. The van der Waals surface area contributed by atoms with E-state index < -0.39 is 15.6 Å². The second kappa shape index (κ2) is 5.59. The molecule has 0 spiro atoms. The van der Waals surface area contributed by atoms with Crippen LogP contribution in [0.25, 0.3) is 0 Å². The zero-order valence-corrected chi connectivity index (χ0v) is 11.7. The Morgan fingerprint density at radius 2 is 2.18 bits per heavy atom. The molecule has 0 fully saturated rings. The van der Waals surface area contributed by atoms with E-state index in [1.807, 2.05) is 19.2 Å². The highest BCUT2D eigenvalue weighted by atomic mass is 32.2. The highest BCUT2D eigenvalue weighted by Crippen LogP contribution is 2.11. The second-order valence-electron chi connectivity index (χ2n) is 4.11. The number of amides is 1. The van der Waals surface area contributed by atoms with Gasteiger partial charge >= 0.3 is 0 Å². The number of carbonyl (C=O) groups excluding carboxylic acids is 1. The molecule has 5 nitrogen and oxygen atoms in total. The van der Waals surface area contributed by atoms with Crippen molar-refractivity contribution in [3.8, 4) is 0 Å². The zero-order valence-electron chi connectivity index (χ0n) is 10.1. The predicted octanol–water partition coefficient (Wildman–Crippen LogP) is 0.925. The van der Waals surface area contributed by atoms with Crippen LogP contribution >= 0.6 is 11.3 Å². The molecule has 17 heavy (non-hydrogen) atoms. The first-order valence-electron chi connectivity index (χ1n) is 5.15. The lowest BCUT2D eigenvalue weighted by Crippen LogP contribution is -2.39. The number of thiazole rings is 1. The van der Waals surface area contributed by atoms with Crippen molar-refractivity contribution in [2.45, 2.75) is 26.4 Å². The molecule has 0 aromatic carbocycles. The summed E-state index contributed by atoms with van der Waals surface area (Å²) < 4.78 is 22.2. The van der Waals surface area contributed by atoms with Crippen LogP contribution in [0.3, 0.4) is 0 Å². The molecule has 0 unspecified atom stereocenters. The van der Waals surface area contributed by atoms with Crippen molar-refractivity contribution in [2.24, 2.45) is 0 Å². The normalized spacial score (nSPS) is 11.8. The van der Waals surface area contributed by atoms with Crippen LogP contribution in [0.1, 0.15) is 18.9 Å². The van der Waals surface area contributed by atoms with Crippen molar-refractivity contribution in [3.05, 3.63) is 16.6 Å². The molecule has 1 amide bonds. The minimum absolute atomic E-state index is 0.0480. The van der Waals surface area contributed by atoms with E-state index in [2.05, 4.69) is 4.98 Å². The fourth-order valence-electron chi connectivity index (χ4n) is 1.34. The first-order valence-corrected chi connectivity index (χ1v) is 8.09. The van der Waals surface area contributed by atoms with E-state index in [0.717, 1.165) is 11.3 Å². The van der Waals surface area contributed by atoms with Crippen molar-refractivity contribution in [2.75, 3.05) is 12.0 Å². The van der Waals surface area contributed by atoms with Crippen molar-refractivity contribution in [1.82, 2.24) is 9.88 Å². The monoisotopic (exact) mass is 276 g/mol. The summed E-state index contributed by atoms with van der Waals surface area (Å²) >= 11 is 1.45. The molecule has 0 aliphatic heterocycles. The quantitative estimate of drug-likeness (QED) is 0.802. The van der Waals surface area contributed by atoms with Crippen LogP contribution in [-0.4, -0.2) is 42.3 Å². The summed E-state index contributed by atoms with van der Waals surface area (Å²) in [4.78, 5) is 17.5. The molecule has 7 heteroatoms. The van der Waals surface area contributed by atoms with Gasteiger partial charge in [-0.3, -0.25) is 4.79 Å². The van der Waals surface area contributed by atoms with Crippen LogP contribution in [0, 0.1) is 0 Å². The Labute approximate surface area is 105 Å². The van der Waals surface area contributed by atoms with Gasteiger partial charge < -0.3 is 4.90 Å². The number of hydrogen-bond acceptors (Lipinski definition) is 5. The molecule has 1 aromatic heterocycles. The van der Waals surface area contributed by atoms with Crippen LogP contribution < -0.4 is 0 Å². The van der Waals surface area contributed by atoms with Gasteiger partial charge in [-0.1, -0.05) is 0 Å². The lowest BCUT2D eigenvalue weighted by Gasteiger charge is -2.25. The van der Waals surface area contributed by atoms with Crippen molar-refractivity contribution >= 4 is 27.1 Å². The van der Waals surface area contributed by atoms with E-state index in [4.69, 9.17) is 0 Å². The van der Waals surface area contributed by atoms with Crippen LogP contribution in [0.5, 0.6) is 0 Å². The topological polar surface area (TPSA) is 67.3 Å². The van der Waals surface area contributed by atoms with Gasteiger partial charge in [0.15, 0.2) is 9.84 Å². The molecule has 1 rings (SSSR count). The molecule has 0 saturated heterocycles. The molecule has 1 aromatic rings. The van der Waals surface area contributed by atoms with E-state index in [9.17, 15) is 13.2 Å². The summed E-state index contributed by atoms with van der Waals surface area (Å²) in [7, 11) is -3.29. The Bertz CT molecular complexity index is 466. The van der Waals surface area contributed by atoms with Crippen LogP contribution in [0.15, 0.2) is 11.6 Å². The molecule has 0 aliphatic rings. The van der Waals surface area contributed by atoms with Gasteiger partial charge in [0.1, 0.15) is 10.8 Å². The van der Waals surface area contributed by atoms with Gasteiger partial charge in [-0.2, -0.15) is 0 Å². The SMILES string of the molecule is CC(C)N(Cc1nccs1)C(=O)CS(C)(=O)=O. The van der Waals surface area contributed by atoms with Gasteiger partial charge in [0.2, 0.25) is 5.91 Å². The first-order chi connectivity index (χ1) is 7.79. The molecular weight excluding hydrogens is 260 g/mol. The second-order valence-corrected chi connectivity index (χ2v) is 7.23. The number of rotatable bonds is 5. The van der Waals surface area contributed by atoms with E-state index in [0.29, 0.717) is 6.54 Å². The third-order valence-corrected chi connectivity index (χ3v) is 3.65. The van der Waals surface area contributed by atoms with Gasteiger partial charge in [-0.25, -0.2) is 13.4 Å². The summed E-state index contributed by atoms with van der Waals surface area (Å²) in [6.45, 7) is 4.07. The fraction of sp³-hybridized carbons (Fsp3) is 0.600. The summed E-state index contributed by atoms with van der Waals surface area (Å²) in [5.74, 6) is -0.825. The number of carbonyl (C=O) groups is 1. The highest BCUT2D eigenvalue weighted by Gasteiger charge is 2.21. The number of nitrogens with zero attached hydrogens (tertiary/aromatic N) is 2. The van der Waals surface area contributed by atoms with Crippen LogP contribution in [0.4, 0.5) is 0 Å². The molecule has 0 radical (unpaired) electrons. The van der Waals surface area contributed by atoms with E-state index in [1.165, 1.54) is 16.2 Å². The standard InChI is InChI=1S/C10H16N2O3S2/c1-8(2)12(6-9-11-4-5-16-9)10(13)7-17(3,14)15/h4-5,8H,6-7H2,1-3H3. The third-order valence-electron chi connectivity index (χ3n) is 2.12. The first kappa shape index (κ1) is 14.1. The molecule has 96 valence electrons. The summed E-state index contributed by atoms with van der Waals surface area (Å²) in [5.41, 5.74) is 0. The zero-order chi connectivity index (χ0) is 13.1. The van der Waals surface area contributed by atoms with Gasteiger partial charge in [0.05, 0.1) is 6.54 Å². The molecule has 0 N–H and O–H groups in total. The van der Waals surface area contributed by atoms with Gasteiger partial charge in [-0.15, -0.1) is 11.3 Å². The van der Waals surface area contributed by atoms with Crippen LogP contribution in [0.2, 0.25) is 0 Å². The predicted molar refractivity (Wildman–Crippen MR) is 67.5 cm³/mol. The number of hydrogen-bond donors (Lipinski definition) is 0. The summed E-state index contributed by atoms with van der Waals surface area (Å²) in [6.07, 6.45) is 2.73. The molecule has 0 aliphatic carbocycles. The highest BCUT2D eigenvalue weighted by molar-refractivity contribution is 7.91. The van der Waals surface area contributed by atoms with Gasteiger partial charge in [0, 0.05) is 23.9 Å². The average Bonchev–Trinajstić information content (AvgIpc) is 2.62. The minimum atomic E-state index is -3.29. The Morgan fingerprint density at radius 1 is 1.53 bits per heavy atom. The lowest BCUT2D eigenvalue weighted by atomic mass is 10.3. The third kappa shape index (κ3) is 4.82. The largest absolute Gasteiger partial charge is 0.333 e. The van der Waals surface area contributed by atoms with E-state index in [1.54, 1.807) is 6.20 Å². The molecule has 0 saturated carbocycles. The van der Waals surface area contributed by atoms with Crippen LogP contribution in [-0.2, 0) is 21.2 Å². The fourth-order valence-corrected chi connectivity index (χ4v) is 2.57. The Balaban J connectivity index is 2.76. The molecule has 0 bridgehead atoms. The maximum Gasteiger partial charge on any atom is 0.238 e. The molecule has 1 heterocycles. The Kier molecular flexibility index (Phi) is 4.64. The lowest BCUT2D eigenvalue weighted by molar-refractivity contribution is -0.130. The maximum atomic E-state index is 11.9. The summed E-state index contributed by atoms with van der Waals surface area (Å²) in [5, 5.41) is 2.63. The Hall–Kier alpha value is -0.950. The average molecular weight is 276 g/mol. The van der Waals surface area contributed by atoms with E-state index >= 15 is 0 Å². The Morgan fingerprint density at radius 3 is 2.59 bits per heavy atom. The molecule has 0 atom stereocenters. The van der Waals surface area contributed by atoms with Gasteiger partial charge in [0.25, 0.3) is 0 Å². The van der Waals surface area contributed by atoms with Gasteiger partial charge in [-0.05, 0) is 13.8 Å². The van der Waals surface area contributed by atoms with Crippen molar-refractivity contribution in [3.63, 3.8) is 0 Å². The van der Waals surface area contributed by atoms with E-state index in [-0.39, 0.29) is 11.9 Å². The van der Waals surface area contributed by atoms with Crippen molar-refractivity contribution < 1.29 is 13.2 Å². The number of sulfone groups is 1. The van der Waals surface area contributed by atoms with Crippen molar-refractivity contribution in [1.29, 1.82) is 0 Å². The minimum Gasteiger partial charge on any atom is -0.333 e.